The van der Waals surface area contributed by atoms with E-state index in [-0.39, 0.29) is 18.2 Å². The summed E-state index contributed by atoms with van der Waals surface area (Å²) in [5.41, 5.74) is 0.199. The predicted octanol–water partition coefficient (Wildman–Crippen LogP) is 4.14. The molecule has 0 radical (unpaired) electrons. The second kappa shape index (κ2) is 8.22. The molecule has 0 aromatic heterocycles. The van der Waals surface area contributed by atoms with Gasteiger partial charge in [-0.05, 0) is 44.5 Å². The molecule has 0 aliphatic heterocycles. The van der Waals surface area contributed by atoms with Crippen LogP contribution in [0, 0.1) is 0 Å². The van der Waals surface area contributed by atoms with Gasteiger partial charge >= 0.3 is 0 Å². The van der Waals surface area contributed by atoms with E-state index in [1.807, 2.05) is 73.2 Å². The highest BCUT2D eigenvalue weighted by Crippen LogP contribution is 2.38. The average molecular weight is 367 g/mol. The smallest absolute Gasteiger partial charge is 0.236 e. The van der Waals surface area contributed by atoms with Crippen molar-refractivity contribution < 1.29 is 9.59 Å². The van der Waals surface area contributed by atoms with Gasteiger partial charge in [0.1, 0.15) is 0 Å². The molecule has 0 N–H and O–H groups in total. The number of amides is 1. The van der Waals surface area contributed by atoms with Gasteiger partial charge in [0, 0.05) is 18.7 Å². The van der Waals surface area contributed by atoms with Crippen molar-refractivity contribution in [2.45, 2.75) is 45.1 Å². The summed E-state index contributed by atoms with van der Waals surface area (Å²) < 4.78 is 0. The van der Waals surface area contributed by atoms with Crippen molar-refractivity contribution in [1.29, 1.82) is 0 Å². The minimum atomic E-state index is -0.576. The van der Waals surface area contributed by atoms with Gasteiger partial charge < -0.3 is 4.90 Å². The minimum Gasteiger partial charge on any atom is -0.342 e. The zero-order valence-corrected chi connectivity index (χ0v) is 16.7. The van der Waals surface area contributed by atoms with Crippen LogP contribution in [-0.4, -0.2) is 53.7 Å². The number of rotatable bonds is 7. The number of ketones is 1. The van der Waals surface area contributed by atoms with Crippen molar-refractivity contribution in [3.05, 3.63) is 48.0 Å². The zero-order valence-electron chi connectivity index (χ0n) is 16.7. The molecule has 0 bridgehead atoms. The second-order valence-corrected chi connectivity index (χ2v) is 7.52. The Morgan fingerprint density at radius 2 is 1.59 bits per heavy atom. The van der Waals surface area contributed by atoms with Gasteiger partial charge in [0.05, 0.1) is 12.1 Å². The molecule has 4 nitrogen and oxygen atoms in total. The summed E-state index contributed by atoms with van der Waals surface area (Å²) in [7, 11) is 1.94. The molecule has 0 spiro atoms. The van der Waals surface area contributed by atoms with Gasteiger partial charge in [-0.1, -0.05) is 55.3 Å². The first-order valence-corrected chi connectivity index (χ1v) is 10.0. The number of benzene rings is 2. The van der Waals surface area contributed by atoms with Gasteiger partial charge in [-0.15, -0.1) is 0 Å². The third-order valence-corrected chi connectivity index (χ3v) is 6.11. The van der Waals surface area contributed by atoms with Crippen LogP contribution in [0.3, 0.4) is 0 Å². The van der Waals surface area contributed by atoms with Gasteiger partial charge in [-0.2, -0.15) is 0 Å². The topological polar surface area (TPSA) is 40.6 Å². The molecule has 1 fully saturated rings. The number of nitrogens with zero attached hydrogens (tertiary/aromatic N) is 2. The summed E-state index contributed by atoms with van der Waals surface area (Å²) in [5, 5.41) is 2.08. The Morgan fingerprint density at radius 3 is 2.26 bits per heavy atom. The van der Waals surface area contributed by atoms with Gasteiger partial charge in [0.2, 0.25) is 5.91 Å². The highest BCUT2D eigenvalue weighted by molar-refractivity contribution is 6.12. The van der Waals surface area contributed by atoms with Crippen molar-refractivity contribution in [2.75, 3.05) is 26.7 Å². The Morgan fingerprint density at radius 1 is 0.963 bits per heavy atom. The molecule has 0 unspecified atom stereocenters. The number of carbonyl (C=O) groups is 2. The Kier molecular flexibility index (Phi) is 5.95. The van der Waals surface area contributed by atoms with Crippen LogP contribution in [0.4, 0.5) is 0 Å². The van der Waals surface area contributed by atoms with Crippen LogP contribution >= 0.6 is 0 Å². The largest absolute Gasteiger partial charge is 0.342 e. The minimum absolute atomic E-state index is 0.0968. The van der Waals surface area contributed by atoms with Gasteiger partial charge in [0.25, 0.3) is 0 Å². The molecule has 144 valence electrons. The van der Waals surface area contributed by atoms with Crippen molar-refractivity contribution in [3.8, 4) is 0 Å². The first kappa shape index (κ1) is 19.6. The summed E-state index contributed by atoms with van der Waals surface area (Å²) in [5.74, 6) is 0.256. The molecule has 1 aliphatic carbocycles. The van der Waals surface area contributed by atoms with E-state index in [1.54, 1.807) is 0 Å². The molecule has 1 amide bonds. The van der Waals surface area contributed by atoms with Gasteiger partial charge in [-0.25, -0.2) is 0 Å². The normalized spacial score (nSPS) is 16.0. The Balaban J connectivity index is 1.94. The summed E-state index contributed by atoms with van der Waals surface area (Å²) in [6.45, 7) is 5.68. The standard InChI is InChI=1S/C23H30N2O2/c1-4-25(5-2)21(26)17-24(3)23(15-8-9-16-23)22(27)20-14-10-12-18-11-6-7-13-19(18)20/h6-7,10-14H,4-5,8-9,15-17H2,1-3H3. The molecular weight excluding hydrogens is 336 g/mol. The van der Waals surface area contributed by atoms with Crippen molar-refractivity contribution in [2.24, 2.45) is 0 Å². The first-order chi connectivity index (χ1) is 13.0. The fraction of sp³-hybridized carbons (Fsp3) is 0.478. The third-order valence-electron chi connectivity index (χ3n) is 6.11. The third kappa shape index (κ3) is 3.63. The summed E-state index contributed by atoms with van der Waals surface area (Å²) in [4.78, 5) is 30.3. The highest BCUT2D eigenvalue weighted by Gasteiger charge is 2.45. The lowest BCUT2D eigenvalue weighted by atomic mass is 9.84. The van der Waals surface area contributed by atoms with Crippen LogP contribution in [0.5, 0.6) is 0 Å². The molecule has 4 heteroatoms. The molecule has 0 atom stereocenters. The maximum atomic E-state index is 13.7. The van der Waals surface area contributed by atoms with E-state index in [2.05, 4.69) is 0 Å². The van der Waals surface area contributed by atoms with Crippen LogP contribution in [0.1, 0.15) is 49.9 Å². The molecule has 2 aromatic carbocycles. The second-order valence-electron chi connectivity index (χ2n) is 7.52. The van der Waals surface area contributed by atoms with E-state index in [4.69, 9.17) is 0 Å². The lowest BCUT2D eigenvalue weighted by molar-refractivity contribution is -0.132. The average Bonchev–Trinajstić information content (AvgIpc) is 3.19. The Bertz CT molecular complexity index is 815. The Labute approximate surface area is 162 Å². The van der Waals surface area contributed by atoms with Crippen molar-refractivity contribution >= 4 is 22.5 Å². The summed E-state index contributed by atoms with van der Waals surface area (Å²) in [6.07, 6.45) is 3.69. The maximum Gasteiger partial charge on any atom is 0.236 e. The van der Waals surface area contributed by atoms with E-state index >= 15 is 0 Å². The van der Waals surface area contributed by atoms with Crippen LogP contribution in [0.15, 0.2) is 42.5 Å². The molecule has 0 heterocycles. The number of likely N-dealkylation sites (N-methyl/N-ethyl adjacent to an activating group) is 2. The molecule has 3 rings (SSSR count). The number of hydrogen-bond acceptors (Lipinski definition) is 3. The Hall–Kier alpha value is -2.20. The molecule has 1 aliphatic rings. The summed E-state index contributed by atoms with van der Waals surface area (Å²) in [6, 6.07) is 14.0. The summed E-state index contributed by atoms with van der Waals surface area (Å²) >= 11 is 0. The number of fused-ring (bicyclic) bond motifs is 1. The van der Waals surface area contributed by atoms with E-state index in [1.165, 1.54) is 0 Å². The quantitative estimate of drug-likeness (QED) is 0.692. The number of hydrogen-bond donors (Lipinski definition) is 0. The van der Waals surface area contributed by atoms with E-state index in [9.17, 15) is 9.59 Å². The molecule has 0 saturated heterocycles. The van der Waals surface area contributed by atoms with E-state index < -0.39 is 5.54 Å². The fourth-order valence-corrected chi connectivity index (χ4v) is 4.45. The van der Waals surface area contributed by atoms with E-state index in [0.29, 0.717) is 13.1 Å². The predicted molar refractivity (Wildman–Crippen MR) is 110 cm³/mol. The van der Waals surface area contributed by atoms with Crippen LogP contribution in [-0.2, 0) is 4.79 Å². The fourth-order valence-electron chi connectivity index (χ4n) is 4.45. The zero-order chi connectivity index (χ0) is 19.4. The van der Waals surface area contributed by atoms with E-state index in [0.717, 1.165) is 42.0 Å². The molecule has 2 aromatic rings. The van der Waals surface area contributed by atoms with Crippen molar-refractivity contribution in [1.82, 2.24) is 9.80 Å². The van der Waals surface area contributed by atoms with Crippen LogP contribution < -0.4 is 0 Å². The van der Waals surface area contributed by atoms with Crippen LogP contribution in [0.2, 0.25) is 0 Å². The van der Waals surface area contributed by atoms with Crippen molar-refractivity contribution in [3.63, 3.8) is 0 Å². The van der Waals surface area contributed by atoms with Crippen LogP contribution in [0.25, 0.3) is 10.8 Å². The first-order valence-electron chi connectivity index (χ1n) is 10.0. The number of Topliss-reactive ketones (excluding diaryl/α,β-unsaturated/α-hetero) is 1. The lowest BCUT2D eigenvalue weighted by Gasteiger charge is -2.38. The highest BCUT2D eigenvalue weighted by atomic mass is 16.2. The molecule has 1 saturated carbocycles. The van der Waals surface area contributed by atoms with Gasteiger partial charge in [0.15, 0.2) is 5.78 Å². The monoisotopic (exact) mass is 366 g/mol. The molecule has 27 heavy (non-hydrogen) atoms. The molecular formula is C23H30N2O2. The lowest BCUT2D eigenvalue weighted by Crippen LogP contribution is -2.54. The van der Waals surface area contributed by atoms with Gasteiger partial charge in [-0.3, -0.25) is 14.5 Å². The number of carbonyl (C=O) groups excluding carboxylic acids is 2. The maximum absolute atomic E-state index is 13.7. The SMILES string of the molecule is CCN(CC)C(=O)CN(C)C1(C(=O)c2cccc3ccccc23)CCCC1.